The first kappa shape index (κ1) is 16.7. The third kappa shape index (κ3) is 5.71. The molecule has 0 fully saturated rings. The smallest absolute Gasteiger partial charge is 0.239 e. The van der Waals surface area contributed by atoms with Gasteiger partial charge in [-0.3, -0.25) is 4.79 Å². The molecule has 1 N–H and O–H groups in total. The molecule has 0 aliphatic heterocycles. The first-order valence-electron chi connectivity index (χ1n) is 6.64. The highest BCUT2D eigenvalue weighted by atomic mass is 32.2. The lowest BCUT2D eigenvalue weighted by Gasteiger charge is -2.11. The molecule has 0 spiro atoms. The summed E-state index contributed by atoms with van der Waals surface area (Å²) in [6.07, 6.45) is 0.510. The van der Waals surface area contributed by atoms with Crippen molar-refractivity contribution in [3.63, 3.8) is 0 Å². The van der Waals surface area contributed by atoms with Crippen LogP contribution in [0.25, 0.3) is 0 Å². The molecule has 0 aliphatic rings. The van der Waals surface area contributed by atoms with E-state index in [1.807, 2.05) is 19.1 Å². The average molecular weight is 299 g/mol. The fraction of sp³-hybridized carbons (Fsp3) is 0.500. The van der Waals surface area contributed by atoms with E-state index in [9.17, 15) is 13.2 Å². The topological polar surface area (TPSA) is 72.5 Å². The highest BCUT2D eigenvalue weighted by Crippen LogP contribution is 2.16. The van der Waals surface area contributed by atoms with Gasteiger partial charge in [0.25, 0.3) is 0 Å². The maximum Gasteiger partial charge on any atom is 0.239 e. The van der Waals surface area contributed by atoms with Crippen LogP contribution in [0.5, 0.6) is 0 Å². The Hall–Kier alpha value is -1.40. The van der Waals surface area contributed by atoms with Crippen LogP contribution < -0.4 is 5.32 Å². The number of carbonyl (C=O) groups is 1. The van der Waals surface area contributed by atoms with E-state index >= 15 is 0 Å². The quantitative estimate of drug-likeness (QED) is 0.796. The van der Waals surface area contributed by atoms with Gasteiger partial charge in [0.2, 0.25) is 5.91 Å². The Morgan fingerprint density at radius 1 is 1.25 bits per heavy atom. The van der Waals surface area contributed by atoms with Crippen LogP contribution in [0.2, 0.25) is 0 Å². The molecular formula is C14H21NO4S. The molecule has 0 aromatic heterocycles. The summed E-state index contributed by atoms with van der Waals surface area (Å²) >= 11 is 0. The number of hydrogen-bond acceptors (Lipinski definition) is 4. The van der Waals surface area contributed by atoms with Gasteiger partial charge in [0.15, 0.2) is 9.84 Å². The van der Waals surface area contributed by atoms with Gasteiger partial charge in [-0.05, 0) is 19.4 Å². The summed E-state index contributed by atoms with van der Waals surface area (Å²) < 4.78 is 28.5. The van der Waals surface area contributed by atoms with Crippen molar-refractivity contribution < 1.29 is 17.9 Å². The zero-order chi connectivity index (χ0) is 15.0. The lowest BCUT2D eigenvalue weighted by Crippen LogP contribution is -2.25. The Balaban J connectivity index is 2.71. The second-order valence-electron chi connectivity index (χ2n) is 4.43. The molecule has 0 radical (unpaired) electrons. The third-order valence-corrected chi connectivity index (χ3v) is 4.35. The van der Waals surface area contributed by atoms with Crippen molar-refractivity contribution in [2.24, 2.45) is 0 Å². The van der Waals surface area contributed by atoms with Crippen molar-refractivity contribution in [1.29, 1.82) is 0 Å². The predicted molar refractivity (Wildman–Crippen MR) is 79.3 cm³/mol. The van der Waals surface area contributed by atoms with E-state index in [0.29, 0.717) is 25.3 Å². The maximum absolute atomic E-state index is 11.8. The highest BCUT2D eigenvalue weighted by molar-refractivity contribution is 7.92. The largest absolute Gasteiger partial charge is 0.377 e. The predicted octanol–water partition coefficient (Wildman–Crippen LogP) is 1.99. The Morgan fingerprint density at radius 2 is 1.95 bits per heavy atom. The van der Waals surface area contributed by atoms with Crippen molar-refractivity contribution in [1.82, 2.24) is 0 Å². The fourth-order valence-corrected chi connectivity index (χ4v) is 2.99. The van der Waals surface area contributed by atoms with Crippen molar-refractivity contribution in [2.45, 2.75) is 26.9 Å². The van der Waals surface area contributed by atoms with E-state index in [1.165, 1.54) is 0 Å². The Bertz CT molecular complexity index is 540. The molecule has 1 amide bonds. The molecule has 0 saturated carbocycles. The van der Waals surface area contributed by atoms with Crippen LogP contribution in [0.15, 0.2) is 24.3 Å². The molecule has 1 aromatic rings. The van der Waals surface area contributed by atoms with Crippen molar-refractivity contribution >= 4 is 21.4 Å². The minimum Gasteiger partial charge on any atom is -0.377 e. The number of anilines is 1. The molecule has 1 rings (SSSR count). The molecule has 0 atom stereocenters. The second-order valence-corrected chi connectivity index (χ2v) is 6.62. The highest BCUT2D eigenvalue weighted by Gasteiger charge is 2.16. The van der Waals surface area contributed by atoms with Crippen LogP contribution in [-0.2, 0) is 26.0 Å². The molecule has 20 heavy (non-hydrogen) atoms. The molecule has 0 saturated heterocycles. The molecule has 0 unspecified atom stereocenters. The lowest BCUT2D eigenvalue weighted by molar-refractivity contribution is -0.113. The monoisotopic (exact) mass is 299 g/mol. The van der Waals surface area contributed by atoms with E-state index in [-0.39, 0.29) is 5.75 Å². The zero-order valence-electron chi connectivity index (χ0n) is 11.9. The minimum absolute atomic E-state index is 0.0288. The molecule has 0 aliphatic carbocycles. The number of sulfone groups is 1. The Morgan fingerprint density at radius 3 is 2.60 bits per heavy atom. The zero-order valence-corrected chi connectivity index (χ0v) is 12.7. The van der Waals surface area contributed by atoms with Crippen LogP contribution in [0, 0.1) is 0 Å². The van der Waals surface area contributed by atoms with Gasteiger partial charge in [-0.15, -0.1) is 0 Å². The van der Waals surface area contributed by atoms with Crippen LogP contribution in [0.3, 0.4) is 0 Å². The van der Waals surface area contributed by atoms with Gasteiger partial charge >= 0.3 is 0 Å². The lowest BCUT2D eigenvalue weighted by atomic mass is 10.2. The summed E-state index contributed by atoms with van der Waals surface area (Å²) in [6, 6.07) is 7.20. The fourth-order valence-electron chi connectivity index (χ4n) is 1.75. The van der Waals surface area contributed by atoms with E-state index in [1.54, 1.807) is 19.1 Å². The van der Waals surface area contributed by atoms with Crippen molar-refractivity contribution in [3.05, 3.63) is 29.8 Å². The Labute approximate surface area is 120 Å². The summed E-state index contributed by atoms with van der Waals surface area (Å²) in [4.78, 5) is 11.8. The summed E-state index contributed by atoms with van der Waals surface area (Å²) in [6.45, 7) is 4.62. The number of hydrogen-bond donors (Lipinski definition) is 1. The number of carbonyl (C=O) groups excluding carboxylic acids is 1. The van der Waals surface area contributed by atoms with Gasteiger partial charge in [-0.1, -0.05) is 25.1 Å². The second kappa shape index (κ2) is 8.01. The van der Waals surface area contributed by atoms with E-state index < -0.39 is 21.5 Å². The van der Waals surface area contributed by atoms with Gasteiger partial charge in [-0.25, -0.2) is 8.42 Å². The summed E-state index contributed by atoms with van der Waals surface area (Å²) in [5.74, 6) is -0.965. The molecule has 0 bridgehead atoms. The van der Waals surface area contributed by atoms with Crippen LogP contribution in [0.1, 0.15) is 25.8 Å². The van der Waals surface area contributed by atoms with Gasteiger partial charge < -0.3 is 10.1 Å². The van der Waals surface area contributed by atoms with E-state index in [0.717, 1.165) is 5.56 Å². The minimum atomic E-state index is -3.32. The summed E-state index contributed by atoms with van der Waals surface area (Å²) in [5.41, 5.74) is 1.42. The number of para-hydroxylation sites is 1. The normalized spacial score (nSPS) is 11.3. The Kier molecular flexibility index (Phi) is 6.67. The van der Waals surface area contributed by atoms with Gasteiger partial charge in [-0.2, -0.15) is 0 Å². The van der Waals surface area contributed by atoms with Gasteiger partial charge in [0, 0.05) is 17.9 Å². The third-order valence-electron chi connectivity index (χ3n) is 2.62. The number of amides is 1. The standard InChI is InChI=1S/C14H21NO4S/c1-3-9-20(17,18)11-14(16)15-13-8-6-5-7-12(13)10-19-4-2/h5-8H,3-4,9-11H2,1-2H3,(H,15,16). The number of nitrogens with one attached hydrogen (secondary N) is 1. The van der Waals surface area contributed by atoms with Gasteiger partial charge in [0.05, 0.1) is 12.4 Å². The average Bonchev–Trinajstić information content (AvgIpc) is 2.36. The van der Waals surface area contributed by atoms with Crippen molar-refractivity contribution in [3.8, 4) is 0 Å². The summed E-state index contributed by atoms with van der Waals surface area (Å²) in [5, 5.41) is 2.64. The molecule has 0 heterocycles. The number of benzene rings is 1. The van der Waals surface area contributed by atoms with Gasteiger partial charge in [0.1, 0.15) is 5.75 Å². The van der Waals surface area contributed by atoms with Crippen LogP contribution in [0.4, 0.5) is 5.69 Å². The first-order chi connectivity index (χ1) is 9.48. The first-order valence-corrected chi connectivity index (χ1v) is 8.46. The molecule has 112 valence electrons. The number of ether oxygens (including phenoxy) is 1. The SMILES string of the molecule is CCCS(=O)(=O)CC(=O)Nc1ccccc1COCC. The number of rotatable bonds is 8. The maximum atomic E-state index is 11.8. The van der Waals surface area contributed by atoms with E-state index in [4.69, 9.17) is 4.74 Å². The van der Waals surface area contributed by atoms with Crippen molar-refractivity contribution in [2.75, 3.05) is 23.4 Å². The molecule has 1 aromatic carbocycles. The summed E-state index contributed by atoms with van der Waals surface area (Å²) in [7, 11) is -3.32. The van der Waals surface area contributed by atoms with E-state index in [2.05, 4.69) is 5.32 Å². The molecule has 6 heteroatoms. The molecule has 5 nitrogen and oxygen atoms in total. The molecular weight excluding hydrogens is 278 g/mol. The van der Waals surface area contributed by atoms with Crippen LogP contribution in [-0.4, -0.2) is 32.4 Å². The van der Waals surface area contributed by atoms with Crippen LogP contribution >= 0.6 is 0 Å².